The van der Waals surface area contributed by atoms with Gasteiger partial charge in [-0.25, -0.2) is 4.99 Å². The molecular weight excluding hydrogens is 321 g/mol. The summed E-state index contributed by atoms with van der Waals surface area (Å²) in [5, 5.41) is 2.17. The second-order valence-electron chi connectivity index (χ2n) is 4.72. The summed E-state index contributed by atoms with van der Waals surface area (Å²) in [4.78, 5) is 4.57. The van der Waals surface area contributed by atoms with E-state index in [1.165, 1.54) is 5.57 Å². The number of halogens is 2. The van der Waals surface area contributed by atoms with E-state index in [0.717, 1.165) is 34.8 Å². The van der Waals surface area contributed by atoms with Crippen molar-refractivity contribution in [2.45, 2.75) is 39.4 Å². The minimum Gasteiger partial charge on any atom is -0.250 e. The molecule has 0 unspecified atom stereocenters. The predicted octanol–water partition coefficient (Wildman–Crippen LogP) is 6.91. The lowest BCUT2D eigenvalue weighted by atomic mass is 10.2. The third-order valence-electron chi connectivity index (χ3n) is 3.09. The van der Waals surface area contributed by atoms with Crippen LogP contribution in [0.2, 0.25) is 10.0 Å². The molecule has 0 amide bonds. The van der Waals surface area contributed by atoms with Crippen LogP contribution in [-0.4, -0.2) is 5.04 Å². The van der Waals surface area contributed by atoms with Gasteiger partial charge in [0, 0.05) is 12.0 Å². The number of nitrogens with zero attached hydrogens (tertiary/aromatic N) is 1. The Kier molecular flexibility index (Phi) is 8.16. The fourth-order valence-corrected chi connectivity index (χ4v) is 2.92. The van der Waals surface area contributed by atoms with Crippen LogP contribution in [-0.2, 0) is 5.75 Å². The van der Waals surface area contributed by atoms with Crippen molar-refractivity contribution in [3.8, 4) is 0 Å². The molecule has 1 aromatic rings. The highest BCUT2D eigenvalue weighted by Gasteiger charge is 2.08. The summed E-state index contributed by atoms with van der Waals surface area (Å²) < 4.78 is 0. The lowest BCUT2D eigenvalue weighted by Crippen LogP contribution is -1.97. The maximum atomic E-state index is 6.22. The van der Waals surface area contributed by atoms with E-state index in [1.807, 2.05) is 18.3 Å². The molecule has 0 aliphatic carbocycles. The van der Waals surface area contributed by atoms with E-state index in [-0.39, 0.29) is 0 Å². The van der Waals surface area contributed by atoms with E-state index in [0.29, 0.717) is 10.0 Å². The first-order valence-corrected chi connectivity index (χ1v) is 8.71. The largest absolute Gasteiger partial charge is 0.250 e. The lowest BCUT2D eigenvalue weighted by Gasteiger charge is -2.09. The van der Waals surface area contributed by atoms with Crippen molar-refractivity contribution in [1.82, 2.24) is 0 Å². The Balaban J connectivity index is 2.88. The van der Waals surface area contributed by atoms with Gasteiger partial charge >= 0.3 is 0 Å². The molecule has 1 aromatic carbocycles. The first kappa shape index (κ1) is 18.3. The zero-order valence-electron chi connectivity index (χ0n) is 12.7. The van der Waals surface area contributed by atoms with Gasteiger partial charge in [0.1, 0.15) is 0 Å². The maximum Gasteiger partial charge on any atom is 0.0988 e. The van der Waals surface area contributed by atoms with Crippen LogP contribution >= 0.6 is 35.0 Å². The van der Waals surface area contributed by atoms with E-state index in [9.17, 15) is 0 Å². The van der Waals surface area contributed by atoms with Gasteiger partial charge in [0.25, 0.3) is 0 Å². The van der Waals surface area contributed by atoms with Crippen molar-refractivity contribution >= 4 is 40.0 Å². The predicted molar refractivity (Wildman–Crippen MR) is 98.7 cm³/mol. The van der Waals surface area contributed by atoms with Crippen LogP contribution in [0.3, 0.4) is 0 Å². The first-order valence-electron chi connectivity index (χ1n) is 6.96. The first-order chi connectivity index (χ1) is 9.99. The van der Waals surface area contributed by atoms with Gasteiger partial charge < -0.3 is 0 Å². The molecule has 0 heterocycles. The SMILES string of the molecule is C=C(CC)C(=N/C=C(/C)CC)SCc1cccc(Cl)c1Cl. The van der Waals surface area contributed by atoms with Gasteiger partial charge in [0.2, 0.25) is 0 Å². The Bertz CT molecular complexity index is 562. The molecule has 0 spiro atoms. The van der Waals surface area contributed by atoms with Crippen molar-refractivity contribution in [2.75, 3.05) is 0 Å². The van der Waals surface area contributed by atoms with Gasteiger partial charge in [-0.15, -0.1) is 11.8 Å². The van der Waals surface area contributed by atoms with E-state index in [4.69, 9.17) is 23.2 Å². The minimum absolute atomic E-state index is 0.587. The molecule has 0 bridgehead atoms. The second-order valence-corrected chi connectivity index (χ2v) is 6.47. The molecule has 0 aliphatic heterocycles. The van der Waals surface area contributed by atoms with Crippen molar-refractivity contribution in [1.29, 1.82) is 0 Å². The molecule has 0 fully saturated rings. The molecule has 0 radical (unpaired) electrons. The smallest absolute Gasteiger partial charge is 0.0988 e. The number of benzene rings is 1. The Labute approximate surface area is 142 Å². The van der Waals surface area contributed by atoms with Crippen LogP contribution < -0.4 is 0 Å². The fraction of sp³-hybridized carbons (Fsp3) is 0.353. The molecule has 0 atom stereocenters. The molecule has 21 heavy (non-hydrogen) atoms. The van der Waals surface area contributed by atoms with Crippen LogP contribution in [0.25, 0.3) is 0 Å². The van der Waals surface area contributed by atoms with Crippen LogP contribution in [0, 0.1) is 0 Å². The van der Waals surface area contributed by atoms with E-state index in [1.54, 1.807) is 17.8 Å². The van der Waals surface area contributed by atoms with Crippen molar-refractivity contribution in [3.05, 3.63) is 57.7 Å². The quantitative estimate of drug-likeness (QED) is 0.404. The molecule has 114 valence electrons. The Hall–Kier alpha value is -0.700. The number of rotatable bonds is 6. The average molecular weight is 342 g/mol. The van der Waals surface area contributed by atoms with Crippen LogP contribution in [0.1, 0.15) is 39.2 Å². The van der Waals surface area contributed by atoms with Crippen molar-refractivity contribution in [2.24, 2.45) is 4.99 Å². The third-order valence-corrected chi connectivity index (χ3v) is 5.07. The van der Waals surface area contributed by atoms with Crippen LogP contribution in [0.5, 0.6) is 0 Å². The zero-order chi connectivity index (χ0) is 15.8. The summed E-state index contributed by atoms with van der Waals surface area (Å²) in [6, 6.07) is 5.70. The third kappa shape index (κ3) is 5.90. The van der Waals surface area contributed by atoms with E-state index >= 15 is 0 Å². The zero-order valence-corrected chi connectivity index (χ0v) is 15.1. The molecule has 0 aromatic heterocycles. The monoisotopic (exact) mass is 341 g/mol. The Morgan fingerprint density at radius 3 is 2.62 bits per heavy atom. The molecular formula is C17H21Cl2NS. The van der Waals surface area contributed by atoms with E-state index in [2.05, 4.69) is 32.3 Å². The topological polar surface area (TPSA) is 12.4 Å². The highest BCUT2D eigenvalue weighted by molar-refractivity contribution is 8.13. The number of aliphatic imine (C=N–C) groups is 1. The Morgan fingerprint density at radius 2 is 2.00 bits per heavy atom. The second kappa shape index (κ2) is 9.34. The highest BCUT2D eigenvalue weighted by atomic mass is 35.5. The summed E-state index contributed by atoms with van der Waals surface area (Å²) in [6.45, 7) is 10.4. The van der Waals surface area contributed by atoms with Gasteiger partial charge in [-0.2, -0.15) is 0 Å². The van der Waals surface area contributed by atoms with Gasteiger partial charge in [-0.05, 0) is 37.0 Å². The highest BCUT2D eigenvalue weighted by Crippen LogP contribution is 2.29. The summed E-state index contributed by atoms with van der Waals surface area (Å²) in [7, 11) is 0. The van der Waals surface area contributed by atoms with Gasteiger partial charge in [0.05, 0.1) is 15.1 Å². The molecule has 0 saturated carbocycles. The number of hydrogen-bond donors (Lipinski definition) is 0. The number of allylic oxidation sites excluding steroid dienone is 1. The Morgan fingerprint density at radius 1 is 1.29 bits per heavy atom. The number of hydrogen-bond acceptors (Lipinski definition) is 2. The summed E-state index contributed by atoms with van der Waals surface area (Å²) in [6.07, 6.45) is 3.80. The molecule has 0 saturated heterocycles. The fourth-order valence-electron chi connectivity index (χ4n) is 1.45. The lowest BCUT2D eigenvalue weighted by molar-refractivity contribution is 1.09. The summed E-state index contributed by atoms with van der Waals surface area (Å²) >= 11 is 13.9. The molecule has 1 rings (SSSR count). The van der Waals surface area contributed by atoms with Crippen LogP contribution in [0.15, 0.2) is 47.1 Å². The summed E-state index contributed by atoms with van der Waals surface area (Å²) in [5.41, 5.74) is 3.30. The normalized spacial score (nSPS) is 12.6. The van der Waals surface area contributed by atoms with Gasteiger partial charge in [-0.3, -0.25) is 0 Å². The van der Waals surface area contributed by atoms with Crippen molar-refractivity contribution in [3.63, 3.8) is 0 Å². The van der Waals surface area contributed by atoms with E-state index < -0.39 is 0 Å². The van der Waals surface area contributed by atoms with Gasteiger partial charge in [-0.1, -0.05) is 61.3 Å². The van der Waals surface area contributed by atoms with Gasteiger partial charge in [0.15, 0.2) is 0 Å². The molecule has 0 aliphatic rings. The molecule has 1 nitrogen and oxygen atoms in total. The molecule has 4 heteroatoms. The maximum absolute atomic E-state index is 6.22. The minimum atomic E-state index is 0.587. The van der Waals surface area contributed by atoms with Crippen LogP contribution in [0.4, 0.5) is 0 Å². The average Bonchev–Trinajstić information content (AvgIpc) is 2.50. The number of thioether (sulfide) groups is 1. The van der Waals surface area contributed by atoms with Crippen molar-refractivity contribution < 1.29 is 0 Å². The summed E-state index contributed by atoms with van der Waals surface area (Å²) in [5.74, 6) is 0.732. The molecule has 0 N–H and O–H groups in total. The standard InChI is InChI=1S/C17H21Cl2NS/c1-5-12(3)10-20-17(13(4)6-2)21-11-14-8-7-9-15(18)16(14)19/h7-10H,4-6,11H2,1-3H3/b12-10-,20-17?.